The third kappa shape index (κ3) is 3.53. The van der Waals surface area contributed by atoms with Crippen LogP contribution in [-0.4, -0.2) is 47.9 Å². The van der Waals surface area contributed by atoms with Crippen LogP contribution in [0.15, 0.2) is 0 Å². The summed E-state index contributed by atoms with van der Waals surface area (Å²) in [5, 5.41) is 2.86. The Morgan fingerprint density at radius 3 is 2.68 bits per heavy atom. The molecular weight excluding hydrogens is 248 g/mol. The highest BCUT2D eigenvalue weighted by atomic mass is 16.5. The lowest BCUT2D eigenvalue weighted by Gasteiger charge is -2.20. The highest BCUT2D eigenvalue weighted by Crippen LogP contribution is 2.15. The Bertz CT molecular complexity index is 361. The molecule has 106 valence electrons. The Labute approximate surface area is 112 Å². The lowest BCUT2D eigenvalue weighted by Crippen LogP contribution is -2.42. The largest absolute Gasteiger partial charge is 0.376 e. The second-order valence-electron chi connectivity index (χ2n) is 5.10. The predicted octanol–water partition coefficient (Wildman–Crippen LogP) is 0.209. The molecule has 2 aliphatic rings. The summed E-state index contributed by atoms with van der Waals surface area (Å²) in [5.74, 6) is -0.495. The molecule has 2 fully saturated rings. The smallest absolute Gasteiger partial charge is 0.229 e. The third-order valence-electron chi connectivity index (χ3n) is 3.63. The van der Waals surface area contributed by atoms with Crippen LogP contribution < -0.4 is 5.32 Å². The van der Waals surface area contributed by atoms with E-state index in [2.05, 4.69) is 5.32 Å². The van der Waals surface area contributed by atoms with E-state index < -0.39 is 0 Å². The van der Waals surface area contributed by atoms with Crippen molar-refractivity contribution in [3.8, 4) is 0 Å². The third-order valence-corrected chi connectivity index (χ3v) is 3.63. The van der Waals surface area contributed by atoms with Crippen LogP contribution in [0, 0.1) is 0 Å². The van der Waals surface area contributed by atoms with E-state index in [1.54, 1.807) is 0 Å². The van der Waals surface area contributed by atoms with Gasteiger partial charge in [-0.2, -0.15) is 0 Å². The fraction of sp³-hybridized carbons (Fsp3) is 0.769. The number of imide groups is 1. The summed E-state index contributed by atoms with van der Waals surface area (Å²) < 4.78 is 5.49. The monoisotopic (exact) mass is 268 g/mol. The Morgan fingerprint density at radius 2 is 2.11 bits per heavy atom. The van der Waals surface area contributed by atoms with Crippen molar-refractivity contribution in [1.82, 2.24) is 10.2 Å². The van der Waals surface area contributed by atoms with E-state index in [0.29, 0.717) is 0 Å². The van der Waals surface area contributed by atoms with Crippen molar-refractivity contribution in [3.63, 3.8) is 0 Å². The maximum Gasteiger partial charge on any atom is 0.229 e. The molecule has 3 amide bonds. The fourth-order valence-electron chi connectivity index (χ4n) is 2.50. The van der Waals surface area contributed by atoms with Crippen molar-refractivity contribution in [2.24, 2.45) is 0 Å². The molecule has 2 heterocycles. The quantitative estimate of drug-likeness (QED) is 0.723. The van der Waals surface area contributed by atoms with E-state index in [0.717, 1.165) is 19.4 Å². The number of hydrogen-bond acceptors (Lipinski definition) is 4. The number of amides is 3. The van der Waals surface area contributed by atoms with E-state index in [4.69, 9.17) is 4.74 Å². The van der Waals surface area contributed by atoms with Gasteiger partial charge >= 0.3 is 0 Å². The lowest BCUT2D eigenvalue weighted by atomic mass is 10.1. The Hall–Kier alpha value is -1.43. The van der Waals surface area contributed by atoms with Crippen LogP contribution in [0.5, 0.6) is 0 Å². The number of ether oxygens (including phenoxy) is 1. The summed E-state index contributed by atoms with van der Waals surface area (Å²) in [6.45, 7) is 2.85. The van der Waals surface area contributed by atoms with Crippen molar-refractivity contribution in [2.45, 2.75) is 51.2 Å². The van der Waals surface area contributed by atoms with Gasteiger partial charge in [-0.25, -0.2) is 0 Å². The van der Waals surface area contributed by atoms with Crippen LogP contribution in [0.2, 0.25) is 0 Å². The standard InChI is InChI=1S/C13H20N2O4/c1-9(10-3-2-8-19-10)14-11(16)6-7-15-12(17)4-5-13(15)18/h9-10H,2-8H2,1H3,(H,14,16)/t9-,10-/m1/s1. The first-order valence-electron chi connectivity index (χ1n) is 6.82. The van der Waals surface area contributed by atoms with Crippen molar-refractivity contribution in [1.29, 1.82) is 0 Å². The zero-order chi connectivity index (χ0) is 13.8. The van der Waals surface area contributed by atoms with Gasteiger partial charge in [0.15, 0.2) is 0 Å². The number of hydrogen-bond donors (Lipinski definition) is 1. The summed E-state index contributed by atoms with van der Waals surface area (Å²) in [6.07, 6.45) is 2.78. The molecule has 2 aliphatic heterocycles. The minimum Gasteiger partial charge on any atom is -0.376 e. The van der Waals surface area contributed by atoms with Gasteiger partial charge in [0.05, 0.1) is 12.1 Å². The van der Waals surface area contributed by atoms with Crippen molar-refractivity contribution < 1.29 is 19.1 Å². The number of nitrogens with zero attached hydrogens (tertiary/aromatic N) is 1. The summed E-state index contributed by atoms with van der Waals surface area (Å²) in [6, 6.07) is -0.0278. The molecule has 0 aromatic heterocycles. The van der Waals surface area contributed by atoms with Gasteiger partial charge in [0.25, 0.3) is 0 Å². The summed E-state index contributed by atoms with van der Waals surface area (Å²) in [7, 11) is 0. The van der Waals surface area contributed by atoms with Crippen molar-refractivity contribution >= 4 is 17.7 Å². The zero-order valence-corrected chi connectivity index (χ0v) is 11.2. The van der Waals surface area contributed by atoms with E-state index >= 15 is 0 Å². The van der Waals surface area contributed by atoms with Gasteiger partial charge in [-0.05, 0) is 19.8 Å². The number of likely N-dealkylation sites (tertiary alicyclic amines) is 1. The molecule has 2 atom stereocenters. The average molecular weight is 268 g/mol. The van der Waals surface area contributed by atoms with Crippen molar-refractivity contribution in [3.05, 3.63) is 0 Å². The van der Waals surface area contributed by atoms with E-state index in [-0.39, 0.29) is 55.7 Å². The van der Waals surface area contributed by atoms with Gasteiger partial charge in [0.2, 0.25) is 17.7 Å². The Kier molecular flexibility index (Phi) is 4.52. The number of nitrogens with one attached hydrogen (secondary N) is 1. The molecule has 0 spiro atoms. The first-order chi connectivity index (χ1) is 9.08. The number of rotatable bonds is 5. The summed E-state index contributed by atoms with van der Waals surface area (Å²) >= 11 is 0. The van der Waals surface area contributed by atoms with Crippen LogP contribution in [-0.2, 0) is 19.1 Å². The van der Waals surface area contributed by atoms with Crippen LogP contribution in [0.25, 0.3) is 0 Å². The van der Waals surface area contributed by atoms with E-state index in [1.807, 2.05) is 6.92 Å². The molecule has 0 aromatic rings. The summed E-state index contributed by atoms with van der Waals surface area (Å²) in [5.41, 5.74) is 0. The number of carbonyl (C=O) groups is 3. The SMILES string of the molecule is C[C@@H](NC(=O)CCN1C(=O)CCC1=O)[C@H]1CCCO1. The highest BCUT2D eigenvalue weighted by molar-refractivity contribution is 6.02. The molecule has 2 saturated heterocycles. The fourth-order valence-corrected chi connectivity index (χ4v) is 2.50. The summed E-state index contributed by atoms with van der Waals surface area (Å²) in [4.78, 5) is 35.7. The van der Waals surface area contributed by atoms with Gasteiger partial charge < -0.3 is 10.1 Å². The van der Waals surface area contributed by atoms with Gasteiger partial charge in [-0.15, -0.1) is 0 Å². The molecule has 1 N–H and O–H groups in total. The van der Waals surface area contributed by atoms with Crippen LogP contribution >= 0.6 is 0 Å². The van der Waals surface area contributed by atoms with Gasteiger partial charge in [0.1, 0.15) is 0 Å². The van der Waals surface area contributed by atoms with E-state index in [1.165, 1.54) is 4.90 Å². The average Bonchev–Trinajstić information content (AvgIpc) is 2.98. The molecular formula is C13H20N2O4. The first kappa shape index (κ1) is 14.0. The normalized spacial score (nSPS) is 24.9. The second-order valence-corrected chi connectivity index (χ2v) is 5.10. The van der Waals surface area contributed by atoms with Crippen molar-refractivity contribution in [2.75, 3.05) is 13.2 Å². The first-order valence-corrected chi connectivity index (χ1v) is 6.82. The second kappa shape index (κ2) is 6.14. The Balaban J connectivity index is 1.72. The molecule has 0 aliphatic carbocycles. The van der Waals surface area contributed by atoms with Crippen LogP contribution in [0.1, 0.15) is 39.0 Å². The number of carbonyl (C=O) groups excluding carboxylic acids is 3. The maximum atomic E-state index is 11.8. The molecule has 19 heavy (non-hydrogen) atoms. The highest BCUT2D eigenvalue weighted by Gasteiger charge is 2.29. The molecule has 6 nitrogen and oxygen atoms in total. The minimum atomic E-state index is -0.176. The van der Waals surface area contributed by atoms with Crippen LogP contribution in [0.3, 0.4) is 0 Å². The molecule has 0 bridgehead atoms. The van der Waals surface area contributed by atoms with Gasteiger partial charge in [-0.1, -0.05) is 0 Å². The molecule has 0 unspecified atom stereocenters. The molecule has 0 saturated carbocycles. The Morgan fingerprint density at radius 1 is 1.42 bits per heavy atom. The topological polar surface area (TPSA) is 75.7 Å². The molecule has 0 aromatic carbocycles. The van der Waals surface area contributed by atoms with Crippen LogP contribution in [0.4, 0.5) is 0 Å². The van der Waals surface area contributed by atoms with Gasteiger partial charge in [0, 0.05) is 32.4 Å². The molecule has 0 radical (unpaired) electrons. The predicted molar refractivity (Wildman–Crippen MR) is 67.1 cm³/mol. The zero-order valence-electron chi connectivity index (χ0n) is 11.2. The van der Waals surface area contributed by atoms with Gasteiger partial charge in [-0.3, -0.25) is 19.3 Å². The minimum absolute atomic E-state index is 0.0278. The molecule has 6 heteroatoms. The van der Waals surface area contributed by atoms with E-state index in [9.17, 15) is 14.4 Å². The lowest BCUT2D eigenvalue weighted by molar-refractivity contribution is -0.138. The maximum absolute atomic E-state index is 11.8. The molecule has 2 rings (SSSR count).